The molecule has 6 heteroatoms. The van der Waals surface area contributed by atoms with Crippen LogP contribution in [0.15, 0.2) is 241 Å². The van der Waals surface area contributed by atoms with Gasteiger partial charge in [-0.2, -0.15) is 0 Å². The van der Waals surface area contributed by atoms with E-state index in [-0.39, 0.29) is 0 Å². The Kier molecular flexibility index (Phi) is 8.79. The molecule has 0 fully saturated rings. The predicted molar refractivity (Wildman–Crippen MR) is 283 cm³/mol. The molecule has 0 amide bonds. The van der Waals surface area contributed by atoms with Gasteiger partial charge in [0.05, 0.1) is 33.3 Å². The molecule has 6 nitrogen and oxygen atoms in total. The summed E-state index contributed by atoms with van der Waals surface area (Å²) in [7, 11) is 0. The fourth-order valence-electron chi connectivity index (χ4n) is 10.5. The van der Waals surface area contributed by atoms with Crippen LogP contribution < -0.4 is 0 Å². The Hall–Kier alpha value is -9.39. The van der Waals surface area contributed by atoms with Crippen molar-refractivity contribution in [2.45, 2.75) is 0 Å². The summed E-state index contributed by atoms with van der Waals surface area (Å²) >= 11 is 0. The van der Waals surface area contributed by atoms with Crippen LogP contribution in [0.5, 0.6) is 0 Å². The third-order valence-corrected chi connectivity index (χ3v) is 13.6. The number of hydrogen-bond donors (Lipinski definition) is 0. The average molecular weight is 882 g/mol. The van der Waals surface area contributed by atoms with E-state index in [0.717, 1.165) is 94.0 Å². The molecule has 322 valence electrons. The normalized spacial score (nSPS) is 11.8. The van der Waals surface area contributed by atoms with E-state index in [1.165, 1.54) is 21.9 Å². The fraction of sp³-hybridized carbons (Fsp3) is 0. The SMILES string of the molecule is c1ccc(-c2cccc(-n3c4ccccc4c4cccc(-n5c6ccccc6c6c(-c7nc(-c8ccccc8)nc(-c8cccc9c8oc8ccc(-c%10ccccc%10)cc89)n7)cccc65)c43)c2)cc1. The van der Waals surface area contributed by atoms with E-state index < -0.39 is 0 Å². The molecule has 0 aliphatic rings. The van der Waals surface area contributed by atoms with E-state index in [1.54, 1.807) is 0 Å². The van der Waals surface area contributed by atoms with Crippen LogP contribution in [0.2, 0.25) is 0 Å². The monoisotopic (exact) mass is 881 g/mol. The maximum Gasteiger partial charge on any atom is 0.167 e. The van der Waals surface area contributed by atoms with Gasteiger partial charge in [-0.25, -0.2) is 15.0 Å². The van der Waals surface area contributed by atoms with Crippen molar-refractivity contribution in [2.75, 3.05) is 0 Å². The van der Waals surface area contributed by atoms with E-state index in [9.17, 15) is 0 Å². The first-order valence-electron chi connectivity index (χ1n) is 23.3. The molecular weight excluding hydrogens is 843 g/mol. The van der Waals surface area contributed by atoms with Gasteiger partial charge in [-0.1, -0.05) is 182 Å². The molecule has 0 aliphatic carbocycles. The average Bonchev–Trinajstić information content (AvgIpc) is 4.09. The van der Waals surface area contributed by atoms with Gasteiger partial charge in [-0.3, -0.25) is 0 Å². The van der Waals surface area contributed by atoms with Gasteiger partial charge in [0.2, 0.25) is 0 Å². The van der Waals surface area contributed by atoms with Gasteiger partial charge in [-0.15, -0.1) is 0 Å². The zero-order valence-electron chi connectivity index (χ0n) is 37.2. The highest BCUT2D eigenvalue weighted by Gasteiger charge is 2.24. The third-order valence-electron chi connectivity index (χ3n) is 13.6. The Balaban J connectivity index is 1.00. The third kappa shape index (κ3) is 6.23. The largest absolute Gasteiger partial charge is 0.455 e. The minimum atomic E-state index is 0.541. The van der Waals surface area contributed by atoms with E-state index >= 15 is 0 Å². The van der Waals surface area contributed by atoms with Crippen LogP contribution >= 0.6 is 0 Å². The van der Waals surface area contributed by atoms with Crippen molar-refractivity contribution in [2.24, 2.45) is 0 Å². The van der Waals surface area contributed by atoms with Crippen molar-refractivity contribution in [3.63, 3.8) is 0 Å². The molecule has 0 unspecified atom stereocenters. The number of furan rings is 1. The van der Waals surface area contributed by atoms with Gasteiger partial charge in [0.1, 0.15) is 11.2 Å². The van der Waals surface area contributed by atoms with E-state index in [4.69, 9.17) is 19.4 Å². The molecule has 0 saturated heterocycles. The highest BCUT2D eigenvalue weighted by Crippen LogP contribution is 2.43. The quantitative estimate of drug-likeness (QED) is 0.160. The second kappa shape index (κ2) is 15.6. The first-order chi connectivity index (χ1) is 34.2. The molecule has 4 heterocycles. The van der Waals surface area contributed by atoms with Gasteiger partial charge < -0.3 is 13.6 Å². The van der Waals surface area contributed by atoms with Crippen LogP contribution in [0, 0.1) is 0 Å². The van der Waals surface area contributed by atoms with Crippen LogP contribution in [-0.2, 0) is 0 Å². The highest BCUT2D eigenvalue weighted by atomic mass is 16.3. The van der Waals surface area contributed by atoms with Crippen molar-refractivity contribution in [3.05, 3.63) is 237 Å². The standard InChI is InChI=1S/C63H39N5O/c1-4-18-40(19-5-1)43-24-14-25-45(38-43)67-53-32-12-10-26-46(53)47-28-16-35-56(59(47)67)68-54-33-13-11-27-49(54)58-50(30-17-34-55(58)68)62-64-61(42-22-8-3-9-23-42)65-63(66-62)51-31-15-29-48-52-39-44(41-20-6-2-7-21-41)36-37-57(52)69-60(48)51/h1-39H. The molecule has 0 bridgehead atoms. The number of benzene rings is 10. The summed E-state index contributed by atoms with van der Waals surface area (Å²) in [5.74, 6) is 1.71. The maximum absolute atomic E-state index is 6.72. The zero-order chi connectivity index (χ0) is 45.4. The maximum atomic E-state index is 6.72. The van der Waals surface area contributed by atoms with Crippen molar-refractivity contribution >= 4 is 65.6 Å². The summed E-state index contributed by atoms with van der Waals surface area (Å²) in [6.07, 6.45) is 0. The van der Waals surface area contributed by atoms with Crippen molar-refractivity contribution in [1.29, 1.82) is 0 Å². The molecule has 0 spiro atoms. The summed E-state index contributed by atoms with van der Waals surface area (Å²) in [4.78, 5) is 15.9. The molecular formula is C63H39N5O. The Labute approximate surface area is 396 Å². The van der Waals surface area contributed by atoms with Gasteiger partial charge >= 0.3 is 0 Å². The Morgan fingerprint density at radius 2 is 0.855 bits per heavy atom. The molecule has 69 heavy (non-hydrogen) atoms. The summed E-state index contributed by atoms with van der Waals surface area (Å²) in [5, 5.41) is 6.59. The van der Waals surface area contributed by atoms with Crippen LogP contribution in [-0.4, -0.2) is 24.1 Å². The van der Waals surface area contributed by atoms with Gasteiger partial charge in [-0.05, 0) is 76.9 Å². The molecule has 10 aromatic carbocycles. The Morgan fingerprint density at radius 1 is 0.319 bits per heavy atom. The highest BCUT2D eigenvalue weighted by molar-refractivity contribution is 6.18. The number of rotatable bonds is 7. The number of para-hydroxylation sites is 4. The molecule has 0 N–H and O–H groups in total. The molecule has 14 rings (SSSR count). The zero-order valence-corrected chi connectivity index (χ0v) is 37.2. The molecule has 14 aromatic rings. The summed E-state index contributed by atoms with van der Waals surface area (Å²) in [6, 6.07) is 83.3. The number of nitrogens with zero attached hydrogens (tertiary/aromatic N) is 5. The van der Waals surface area contributed by atoms with Crippen LogP contribution in [0.1, 0.15) is 0 Å². The first-order valence-corrected chi connectivity index (χ1v) is 23.3. The summed E-state index contributed by atoms with van der Waals surface area (Å²) in [6.45, 7) is 0. The van der Waals surface area contributed by atoms with Gasteiger partial charge in [0, 0.05) is 49.1 Å². The lowest BCUT2D eigenvalue weighted by Gasteiger charge is -2.15. The smallest absolute Gasteiger partial charge is 0.167 e. The van der Waals surface area contributed by atoms with Crippen molar-refractivity contribution in [1.82, 2.24) is 24.1 Å². The number of aromatic nitrogens is 5. The van der Waals surface area contributed by atoms with E-state index in [2.05, 4.69) is 221 Å². The topological polar surface area (TPSA) is 61.7 Å². The minimum absolute atomic E-state index is 0.541. The minimum Gasteiger partial charge on any atom is -0.455 e. The molecule has 4 aromatic heterocycles. The van der Waals surface area contributed by atoms with Crippen LogP contribution in [0.25, 0.3) is 133 Å². The van der Waals surface area contributed by atoms with Crippen molar-refractivity contribution < 1.29 is 4.42 Å². The van der Waals surface area contributed by atoms with E-state index in [0.29, 0.717) is 17.5 Å². The van der Waals surface area contributed by atoms with Crippen LogP contribution in [0.3, 0.4) is 0 Å². The lowest BCUT2D eigenvalue weighted by molar-refractivity contribution is 0.669. The predicted octanol–water partition coefficient (Wildman–Crippen LogP) is 16.3. The van der Waals surface area contributed by atoms with Gasteiger partial charge in [0.15, 0.2) is 17.5 Å². The summed E-state index contributed by atoms with van der Waals surface area (Å²) < 4.78 is 11.6. The fourth-order valence-corrected chi connectivity index (χ4v) is 10.5. The Morgan fingerprint density at radius 3 is 1.62 bits per heavy atom. The Bertz CT molecular complexity index is 4300. The summed E-state index contributed by atoms with van der Waals surface area (Å²) in [5.41, 5.74) is 15.4. The molecule has 0 aliphatic heterocycles. The van der Waals surface area contributed by atoms with Gasteiger partial charge in [0.25, 0.3) is 0 Å². The molecule has 0 saturated carbocycles. The van der Waals surface area contributed by atoms with E-state index in [1.807, 2.05) is 24.3 Å². The van der Waals surface area contributed by atoms with Crippen LogP contribution in [0.4, 0.5) is 0 Å². The van der Waals surface area contributed by atoms with Crippen molar-refractivity contribution in [3.8, 4) is 67.8 Å². The second-order valence-corrected chi connectivity index (χ2v) is 17.5. The molecule has 0 atom stereocenters. The number of fused-ring (bicyclic) bond motifs is 9. The molecule has 0 radical (unpaired) electrons. The lowest BCUT2D eigenvalue weighted by Crippen LogP contribution is -2.01. The second-order valence-electron chi connectivity index (χ2n) is 17.5. The lowest BCUT2D eigenvalue weighted by atomic mass is 10.0. The number of hydrogen-bond acceptors (Lipinski definition) is 4. The first kappa shape index (κ1) is 38.8.